The summed E-state index contributed by atoms with van der Waals surface area (Å²) in [7, 11) is -8.55. The van der Waals surface area contributed by atoms with Crippen LogP contribution in [0.1, 0.15) is 122 Å². The van der Waals surface area contributed by atoms with E-state index in [4.69, 9.17) is 52.2 Å². The molecule has 0 spiro atoms. The van der Waals surface area contributed by atoms with Crippen molar-refractivity contribution in [2.24, 2.45) is 23.2 Å². The Morgan fingerprint density at radius 2 is 1.13 bits per heavy atom. The van der Waals surface area contributed by atoms with E-state index in [1.54, 1.807) is 4.57 Å². The van der Waals surface area contributed by atoms with Gasteiger partial charge in [-0.25, -0.2) is 24.1 Å². The second kappa shape index (κ2) is 30.2. The molecule has 1 amide bonds. The first-order valence-corrected chi connectivity index (χ1v) is 28.5. The van der Waals surface area contributed by atoms with Gasteiger partial charge in [-0.1, -0.05) is 51.4 Å². The van der Waals surface area contributed by atoms with Gasteiger partial charge in [0.15, 0.2) is 11.5 Å². The molecule has 24 heteroatoms. The molecule has 2 aromatic rings. The molecule has 4 aliphatic carbocycles. The van der Waals surface area contributed by atoms with Gasteiger partial charge in [0.2, 0.25) is 5.91 Å². The number of fused-ring (bicyclic) bond motifs is 1. The maximum absolute atomic E-state index is 12.7. The molecular formula is C46H80N6O16P2. The van der Waals surface area contributed by atoms with Gasteiger partial charge in [0.05, 0.1) is 105 Å². The van der Waals surface area contributed by atoms with Crippen LogP contribution in [-0.4, -0.2) is 152 Å². The third-order valence-corrected chi connectivity index (χ3v) is 15.6. The van der Waals surface area contributed by atoms with E-state index < -0.39 is 34.1 Å². The zero-order chi connectivity index (χ0) is 49.5. The quantitative estimate of drug-likeness (QED) is 0.0376. The highest BCUT2D eigenvalue weighted by Gasteiger charge is 2.51. The second-order valence-electron chi connectivity index (χ2n) is 19.3. The van der Waals surface area contributed by atoms with Gasteiger partial charge < -0.3 is 54.4 Å². The monoisotopic (exact) mass is 1030 g/mol. The first-order chi connectivity index (χ1) is 33.9. The van der Waals surface area contributed by atoms with Gasteiger partial charge in [-0.05, 0) is 74.5 Å². The predicted octanol–water partition coefficient (Wildman–Crippen LogP) is 6.03. The Hall–Kier alpha value is -2.24. The summed E-state index contributed by atoms with van der Waals surface area (Å²) in [4.78, 5) is 44.9. The summed E-state index contributed by atoms with van der Waals surface area (Å²) in [6, 6.07) is 0. The number of carbonyl (C=O) groups excluding carboxylic acids is 1. The Morgan fingerprint density at radius 3 is 1.67 bits per heavy atom. The number of nitrogens with one attached hydrogen (secondary N) is 1. The molecule has 6 N–H and O–H groups in total. The second-order valence-corrected chi connectivity index (χ2v) is 22.2. The van der Waals surface area contributed by atoms with E-state index >= 15 is 0 Å². The van der Waals surface area contributed by atoms with Crippen LogP contribution in [0, 0.1) is 23.2 Å². The molecule has 5 aliphatic rings. The number of nitrogen functional groups attached to an aromatic ring is 1. The zero-order valence-corrected chi connectivity index (χ0v) is 42.7. The Kier molecular flexibility index (Phi) is 24.6. The molecule has 4 saturated carbocycles. The first-order valence-electron chi connectivity index (χ1n) is 25.5. The average molecular weight is 1040 g/mol. The molecule has 7 rings (SSSR count). The zero-order valence-electron chi connectivity index (χ0n) is 40.9. The van der Waals surface area contributed by atoms with Crippen molar-refractivity contribution in [2.45, 2.75) is 134 Å². The lowest BCUT2D eigenvalue weighted by molar-refractivity contribution is -0.129. The van der Waals surface area contributed by atoms with Crippen molar-refractivity contribution < 1.29 is 75.3 Å². The molecule has 2 aromatic heterocycles. The largest absolute Gasteiger partial charge is 0.472 e. The van der Waals surface area contributed by atoms with Gasteiger partial charge in [-0.2, -0.15) is 0 Å². The number of aromatic nitrogens is 4. The molecule has 3 heterocycles. The van der Waals surface area contributed by atoms with Gasteiger partial charge in [-0.3, -0.25) is 27.5 Å². The summed E-state index contributed by atoms with van der Waals surface area (Å²) in [6.07, 6.45) is 20.2. The van der Waals surface area contributed by atoms with Crippen LogP contribution in [0.2, 0.25) is 0 Å². The highest BCUT2D eigenvalue weighted by atomic mass is 31.2. The standard InChI is InChI=1S/C46H80N6O16P2/c47-44-43-45(50-34-49-44)52(35-51-43)42-28-39(53)40(68-42)33-67-70(57,58)66-24-22-63-20-18-61-16-14-59-13-15-60-17-19-62-21-23-65-69(55,56)64-12-10-8-6-4-2-1-3-5-7-9-11-48-41(54)32-46-29-36-25-37(30-46)27-38(26-36)31-46/h34-40,42,53H,1-33H2,(H,48,54)(H,55,56)(H,57,58)(H2,47,49,50)/t36?,37?,38?,39-,40+,42+,46?/m0/s1. The third-order valence-electron chi connectivity index (χ3n) is 13.6. The molecule has 5 atom stereocenters. The van der Waals surface area contributed by atoms with E-state index in [-0.39, 0.29) is 77.6 Å². The van der Waals surface area contributed by atoms with Gasteiger partial charge in [0, 0.05) is 19.4 Å². The number of phosphoric acid groups is 2. The van der Waals surface area contributed by atoms with Gasteiger partial charge in [0.25, 0.3) is 0 Å². The topological polar surface area (TPSA) is 286 Å². The molecule has 70 heavy (non-hydrogen) atoms. The van der Waals surface area contributed by atoms with E-state index in [0.717, 1.165) is 62.8 Å². The van der Waals surface area contributed by atoms with E-state index in [1.165, 1.54) is 76.9 Å². The lowest BCUT2D eigenvalue weighted by atomic mass is 9.49. The molecule has 5 fully saturated rings. The van der Waals surface area contributed by atoms with Crippen molar-refractivity contribution in [3.63, 3.8) is 0 Å². The van der Waals surface area contributed by atoms with E-state index in [0.29, 0.717) is 56.0 Å². The van der Waals surface area contributed by atoms with E-state index in [9.17, 15) is 28.8 Å². The van der Waals surface area contributed by atoms with E-state index in [2.05, 4.69) is 20.3 Å². The van der Waals surface area contributed by atoms with Crippen LogP contribution in [0.4, 0.5) is 5.82 Å². The Bertz CT molecular complexity index is 1880. The van der Waals surface area contributed by atoms with Crippen LogP contribution in [0.5, 0.6) is 0 Å². The SMILES string of the molecule is Nc1ncnc2c1ncn2[C@H]1C[C@H](O)[C@@H](COP(=O)(O)OCCOCCOCCOCCOCCOCCOP(=O)(O)OCCCCCCCCCCCCNC(=O)CC23CC4CC(CC(C4)C2)C3)O1. The maximum Gasteiger partial charge on any atom is 0.472 e. The maximum atomic E-state index is 12.7. The number of hydrogen-bond acceptors (Lipinski definition) is 18. The van der Waals surface area contributed by atoms with E-state index in [1.807, 2.05) is 0 Å². The number of phosphoric ester groups is 2. The Morgan fingerprint density at radius 1 is 0.657 bits per heavy atom. The van der Waals surface area contributed by atoms with Gasteiger partial charge >= 0.3 is 15.6 Å². The number of unbranched alkanes of at least 4 members (excludes halogenated alkanes) is 9. The number of nitrogens with two attached hydrogens (primary N) is 1. The van der Waals surface area contributed by atoms with Crippen molar-refractivity contribution in [3.8, 4) is 0 Å². The first kappa shape index (κ1) is 57.0. The molecule has 2 unspecified atom stereocenters. The van der Waals surface area contributed by atoms with Crippen LogP contribution in [0.25, 0.3) is 11.2 Å². The number of anilines is 1. The number of imidazole rings is 1. The van der Waals surface area contributed by atoms with Crippen molar-refractivity contribution in [2.75, 3.05) is 105 Å². The summed E-state index contributed by atoms with van der Waals surface area (Å²) < 4.78 is 79.1. The minimum absolute atomic E-state index is 0.0243. The Labute approximate surface area is 412 Å². The molecule has 1 saturated heterocycles. The highest BCUT2D eigenvalue weighted by molar-refractivity contribution is 7.47. The summed E-state index contributed by atoms with van der Waals surface area (Å²) in [5, 5.41) is 13.7. The van der Waals surface area contributed by atoms with Gasteiger partial charge in [-0.15, -0.1) is 0 Å². The molecule has 4 bridgehead atoms. The summed E-state index contributed by atoms with van der Waals surface area (Å²) >= 11 is 0. The van der Waals surface area contributed by atoms with Crippen LogP contribution in [0.3, 0.4) is 0 Å². The average Bonchev–Trinajstić information content (AvgIpc) is 3.92. The van der Waals surface area contributed by atoms with Gasteiger partial charge in [0.1, 0.15) is 24.2 Å². The normalized spacial score (nSPS) is 25.7. The molecular weight excluding hydrogens is 954 g/mol. The predicted molar refractivity (Wildman–Crippen MR) is 256 cm³/mol. The minimum Gasteiger partial charge on any atom is -0.390 e. The lowest BCUT2D eigenvalue weighted by Gasteiger charge is -2.56. The number of carbonyl (C=O) groups is 1. The number of aliphatic hydroxyl groups excluding tert-OH is 1. The summed E-state index contributed by atoms with van der Waals surface area (Å²) in [5.41, 5.74) is 6.99. The van der Waals surface area contributed by atoms with Crippen molar-refractivity contribution in [1.29, 1.82) is 0 Å². The lowest BCUT2D eigenvalue weighted by Crippen LogP contribution is -2.48. The molecule has 0 radical (unpaired) electrons. The minimum atomic E-state index is -4.43. The van der Waals surface area contributed by atoms with Crippen molar-refractivity contribution >= 4 is 38.5 Å². The number of aliphatic hydroxyl groups is 1. The fourth-order valence-corrected chi connectivity index (χ4v) is 12.2. The number of ether oxygens (including phenoxy) is 6. The number of amides is 1. The van der Waals surface area contributed by atoms with Crippen LogP contribution in [-0.2, 0) is 60.4 Å². The highest BCUT2D eigenvalue weighted by Crippen LogP contribution is 2.61. The fourth-order valence-electron chi connectivity index (χ4n) is 10.7. The summed E-state index contributed by atoms with van der Waals surface area (Å²) in [6.45, 7) is 2.99. The molecule has 400 valence electrons. The molecule has 0 aromatic carbocycles. The molecule has 22 nitrogen and oxygen atoms in total. The smallest absolute Gasteiger partial charge is 0.390 e. The summed E-state index contributed by atoms with van der Waals surface area (Å²) in [5.74, 6) is 3.17. The van der Waals surface area contributed by atoms with Crippen LogP contribution in [0.15, 0.2) is 12.7 Å². The third kappa shape index (κ3) is 20.2. The molecule has 1 aliphatic heterocycles. The number of rotatable bonds is 40. The fraction of sp³-hybridized carbons (Fsp3) is 0.870. The van der Waals surface area contributed by atoms with Crippen molar-refractivity contribution in [3.05, 3.63) is 12.7 Å². The van der Waals surface area contributed by atoms with Crippen LogP contribution < -0.4 is 11.1 Å². The Balaban J connectivity index is 0.616. The van der Waals surface area contributed by atoms with Crippen LogP contribution >= 0.6 is 15.6 Å². The number of hydrogen-bond donors (Lipinski definition) is 5. The van der Waals surface area contributed by atoms with Crippen molar-refractivity contribution in [1.82, 2.24) is 24.8 Å². The number of nitrogens with zero attached hydrogens (tertiary/aromatic N) is 4.